The molecule has 1 heterocycles. The highest BCUT2D eigenvalue weighted by Gasteiger charge is 2.24. The van der Waals surface area contributed by atoms with Crippen LogP contribution in [0.4, 0.5) is 0 Å². The zero-order valence-corrected chi connectivity index (χ0v) is 11.7. The maximum atomic E-state index is 12.7. The SMILES string of the molecule is NCC#Cc1ccccc1C(=O)N1Cc2ccccc2C1. The average Bonchev–Trinajstić information content (AvgIpc) is 2.96. The normalized spacial score (nSPS) is 12.5. The van der Waals surface area contributed by atoms with Crippen molar-refractivity contribution in [1.82, 2.24) is 4.90 Å². The number of hydrogen-bond acceptors (Lipinski definition) is 2. The molecule has 0 aliphatic carbocycles. The first kappa shape index (κ1) is 13.4. The van der Waals surface area contributed by atoms with Crippen LogP contribution in [0.2, 0.25) is 0 Å². The third kappa shape index (κ3) is 2.67. The lowest BCUT2D eigenvalue weighted by molar-refractivity contribution is 0.0751. The van der Waals surface area contributed by atoms with Gasteiger partial charge in [-0.2, -0.15) is 0 Å². The van der Waals surface area contributed by atoms with Gasteiger partial charge in [0, 0.05) is 18.7 Å². The number of hydrogen-bond donors (Lipinski definition) is 1. The first-order chi connectivity index (χ1) is 10.3. The number of carbonyl (C=O) groups is 1. The minimum absolute atomic E-state index is 0.0214. The summed E-state index contributed by atoms with van der Waals surface area (Å²) in [5.74, 6) is 5.81. The van der Waals surface area contributed by atoms with Gasteiger partial charge in [0.05, 0.1) is 12.1 Å². The Labute approximate surface area is 124 Å². The van der Waals surface area contributed by atoms with Crippen LogP contribution in [0.25, 0.3) is 0 Å². The van der Waals surface area contributed by atoms with Gasteiger partial charge in [0.2, 0.25) is 0 Å². The van der Waals surface area contributed by atoms with Gasteiger partial charge >= 0.3 is 0 Å². The zero-order chi connectivity index (χ0) is 14.7. The molecule has 2 aromatic carbocycles. The summed E-state index contributed by atoms with van der Waals surface area (Å²) in [7, 11) is 0. The number of carbonyl (C=O) groups excluding carboxylic acids is 1. The van der Waals surface area contributed by atoms with Crippen LogP contribution in [0.5, 0.6) is 0 Å². The van der Waals surface area contributed by atoms with E-state index in [0.29, 0.717) is 18.7 Å². The van der Waals surface area contributed by atoms with Gasteiger partial charge in [0.1, 0.15) is 0 Å². The molecule has 1 aliphatic heterocycles. The van der Waals surface area contributed by atoms with Crippen LogP contribution in [-0.4, -0.2) is 17.4 Å². The highest BCUT2D eigenvalue weighted by Crippen LogP contribution is 2.24. The second kappa shape index (κ2) is 5.82. The molecule has 104 valence electrons. The van der Waals surface area contributed by atoms with Crippen molar-refractivity contribution in [3.63, 3.8) is 0 Å². The van der Waals surface area contributed by atoms with Crippen molar-refractivity contribution in [2.75, 3.05) is 6.54 Å². The Morgan fingerprint density at radius 3 is 2.33 bits per heavy atom. The summed E-state index contributed by atoms with van der Waals surface area (Å²) in [5.41, 5.74) is 9.24. The van der Waals surface area contributed by atoms with Crippen molar-refractivity contribution in [3.05, 3.63) is 70.8 Å². The van der Waals surface area contributed by atoms with Crippen LogP contribution in [0.1, 0.15) is 27.0 Å². The lowest BCUT2D eigenvalue weighted by atomic mass is 10.1. The van der Waals surface area contributed by atoms with Gasteiger partial charge in [-0.15, -0.1) is 0 Å². The summed E-state index contributed by atoms with van der Waals surface area (Å²) in [5, 5.41) is 0. The van der Waals surface area contributed by atoms with E-state index in [1.54, 1.807) is 0 Å². The Morgan fingerprint density at radius 2 is 1.67 bits per heavy atom. The maximum Gasteiger partial charge on any atom is 0.255 e. The van der Waals surface area contributed by atoms with Crippen LogP contribution in [0, 0.1) is 11.8 Å². The van der Waals surface area contributed by atoms with Crippen molar-refractivity contribution in [2.24, 2.45) is 5.73 Å². The van der Waals surface area contributed by atoms with E-state index in [2.05, 4.69) is 24.0 Å². The Kier molecular flexibility index (Phi) is 3.72. The smallest absolute Gasteiger partial charge is 0.255 e. The summed E-state index contributed by atoms with van der Waals surface area (Å²) in [6.07, 6.45) is 0. The lowest BCUT2D eigenvalue weighted by Crippen LogP contribution is -2.26. The number of amides is 1. The van der Waals surface area contributed by atoms with Crippen LogP contribution in [-0.2, 0) is 13.1 Å². The van der Waals surface area contributed by atoms with Gasteiger partial charge in [-0.1, -0.05) is 48.2 Å². The second-order valence-electron chi connectivity index (χ2n) is 4.98. The monoisotopic (exact) mass is 276 g/mol. The molecule has 0 unspecified atom stereocenters. The van der Waals surface area contributed by atoms with E-state index >= 15 is 0 Å². The summed E-state index contributed by atoms with van der Waals surface area (Å²) >= 11 is 0. The van der Waals surface area contributed by atoms with E-state index in [4.69, 9.17) is 5.73 Å². The fraction of sp³-hybridized carbons (Fsp3) is 0.167. The predicted octanol–water partition coefficient (Wildman–Crippen LogP) is 2.15. The molecule has 2 aromatic rings. The molecule has 21 heavy (non-hydrogen) atoms. The summed E-state index contributed by atoms with van der Waals surface area (Å²) in [6.45, 7) is 1.61. The van der Waals surface area contributed by atoms with Gasteiger partial charge in [0.25, 0.3) is 5.91 Å². The summed E-state index contributed by atoms with van der Waals surface area (Å²) in [6, 6.07) is 15.6. The number of fused-ring (bicyclic) bond motifs is 1. The van der Waals surface area contributed by atoms with E-state index in [9.17, 15) is 4.79 Å². The quantitative estimate of drug-likeness (QED) is 0.811. The number of rotatable bonds is 1. The van der Waals surface area contributed by atoms with Gasteiger partial charge < -0.3 is 10.6 Å². The molecule has 3 rings (SSSR count). The number of benzene rings is 2. The van der Waals surface area contributed by atoms with Gasteiger partial charge in [-0.05, 0) is 23.3 Å². The minimum atomic E-state index is 0.0214. The van der Waals surface area contributed by atoms with E-state index < -0.39 is 0 Å². The van der Waals surface area contributed by atoms with Crippen LogP contribution in [0.15, 0.2) is 48.5 Å². The van der Waals surface area contributed by atoms with Gasteiger partial charge in [0.15, 0.2) is 0 Å². The summed E-state index contributed by atoms with van der Waals surface area (Å²) in [4.78, 5) is 14.6. The Bertz CT molecular complexity index is 715. The molecule has 1 aliphatic rings. The molecule has 1 amide bonds. The number of nitrogens with two attached hydrogens (primary N) is 1. The Balaban J connectivity index is 1.88. The van der Waals surface area contributed by atoms with Crippen LogP contribution in [0.3, 0.4) is 0 Å². The van der Waals surface area contributed by atoms with Crippen molar-refractivity contribution in [3.8, 4) is 11.8 Å². The zero-order valence-electron chi connectivity index (χ0n) is 11.7. The molecule has 0 atom stereocenters. The molecule has 0 bridgehead atoms. The van der Waals surface area contributed by atoms with Crippen molar-refractivity contribution < 1.29 is 4.79 Å². The van der Waals surface area contributed by atoms with Gasteiger partial charge in [-0.3, -0.25) is 4.79 Å². The minimum Gasteiger partial charge on any atom is -0.330 e. The Hall–Kier alpha value is -2.57. The summed E-state index contributed by atoms with van der Waals surface area (Å²) < 4.78 is 0. The molecule has 0 saturated carbocycles. The van der Waals surface area contributed by atoms with E-state index in [0.717, 1.165) is 5.56 Å². The average molecular weight is 276 g/mol. The molecule has 3 heteroatoms. The highest BCUT2D eigenvalue weighted by molar-refractivity contribution is 5.97. The molecule has 0 fully saturated rings. The van der Waals surface area contributed by atoms with Gasteiger partial charge in [-0.25, -0.2) is 0 Å². The number of nitrogens with zero attached hydrogens (tertiary/aromatic N) is 1. The third-order valence-electron chi connectivity index (χ3n) is 3.61. The standard InChI is InChI=1S/C18H16N2O/c19-11-5-9-14-6-3-4-10-17(14)18(21)20-12-15-7-1-2-8-16(15)13-20/h1-4,6-8,10H,11-13,19H2. The van der Waals surface area contributed by atoms with Crippen LogP contribution < -0.4 is 5.73 Å². The molecule has 0 aromatic heterocycles. The first-order valence-corrected chi connectivity index (χ1v) is 6.93. The highest BCUT2D eigenvalue weighted by atomic mass is 16.2. The Morgan fingerprint density at radius 1 is 1.05 bits per heavy atom. The molecule has 3 nitrogen and oxygen atoms in total. The van der Waals surface area contributed by atoms with Crippen molar-refractivity contribution in [1.29, 1.82) is 0 Å². The second-order valence-corrected chi connectivity index (χ2v) is 4.98. The molecule has 2 N–H and O–H groups in total. The molecule has 0 spiro atoms. The third-order valence-corrected chi connectivity index (χ3v) is 3.61. The van der Waals surface area contributed by atoms with Crippen LogP contribution >= 0.6 is 0 Å². The van der Waals surface area contributed by atoms with Crippen molar-refractivity contribution in [2.45, 2.75) is 13.1 Å². The fourth-order valence-corrected chi connectivity index (χ4v) is 2.57. The van der Waals surface area contributed by atoms with E-state index in [-0.39, 0.29) is 12.5 Å². The van der Waals surface area contributed by atoms with E-state index in [1.165, 1.54) is 11.1 Å². The predicted molar refractivity (Wildman–Crippen MR) is 82.4 cm³/mol. The molecule has 0 saturated heterocycles. The largest absolute Gasteiger partial charge is 0.330 e. The topological polar surface area (TPSA) is 46.3 Å². The van der Waals surface area contributed by atoms with Crippen molar-refractivity contribution >= 4 is 5.91 Å². The lowest BCUT2D eigenvalue weighted by Gasteiger charge is -2.16. The molecular weight excluding hydrogens is 260 g/mol. The molecular formula is C18H16N2O. The fourth-order valence-electron chi connectivity index (χ4n) is 2.57. The maximum absolute atomic E-state index is 12.7. The first-order valence-electron chi connectivity index (χ1n) is 6.93. The van der Waals surface area contributed by atoms with E-state index in [1.807, 2.05) is 41.3 Å². The molecule has 0 radical (unpaired) electrons.